The first-order valence-electron chi connectivity index (χ1n) is 3.80. The molecule has 2 N–H and O–H groups in total. The van der Waals surface area contributed by atoms with Gasteiger partial charge in [-0.25, -0.2) is 0 Å². The molecule has 1 aliphatic carbocycles. The lowest BCUT2D eigenvalue weighted by molar-refractivity contribution is 0.121. The van der Waals surface area contributed by atoms with Crippen molar-refractivity contribution in [1.82, 2.24) is 0 Å². The van der Waals surface area contributed by atoms with E-state index in [9.17, 15) is 0 Å². The molecule has 0 spiro atoms. The van der Waals surface area contributed by atoms with Crippen molar-refractivity contribution < 1.29 is 0 Å². The van der Waals surface area contributed by atoms with E-state index in [1.807, 2.05) is 0 Å². The molecule has 9 heavy (non-hydrogen) atoms. The van der Waals surface area contributed by atoms with Crippen LogP contribution in [0.5, 0.6) is 0 Å². The molecule has 54 valence electrons. The standard InChI is InChI=1S/C8H17N/c1-6(2)7-4-8(3,9)5-7/h6-7H,4-5,9H2,1-3H3/t7-,8-. The largest absolute Gasteiger partial charge is 0.325 e. The molecule has 1 saturated carbocycles. The molecule has 1 heteroatoms. The van der Waals surface area contributed by atoms with Crippen LogP contribution < -0.4 is 5.73 Å². The van der Waals surface area contributed by atoms with Crippen molar-refractivity contribution in [3.63, 3.8) is 0 Å². The van der Waals surface area contributed by atoms with Gasteiger partial charge in [0, 0.05) is 5.54 Å². The SMILES string of the molecule is CC(C)[C@H]1C[C@](C)(N)C1. The molecule has 0 unspecified atom stereocenters. The first-order valence-corrected chi connectivity index (χ1v) is 3.80. The van der Waals surface area contributed by atoms with Crippen LogP contribution in [0, 0.1) is 11.8 Å². The highest BCUT2D eigenvalue weighted by Gasteiger charge is 2.37. The minimum atomic E-state index is 0.176. The van der Waals surface area contributed by atoms with Gasteiger partial charge >= 0.3 is 0 Å². The second-order valence-electron chi connectivity index (χ2n) is 4.07. The van der Waals surface area contributed by atoms with Gasteiger partial charge in [-0.1, -0.05) is 13.8 Å². The summed E-state index contributed by atoms with van der Waals surface area (Å²) in [5, 5.41) is 0. The summed E-state index contributed by atoms with van der Waals surface area (Å²) in [6.45, 7) is 6.70. The van der Waals surface area contributed by atoms with Crippen LogP contribution in [0.4, 0.5) is 0 Å². The molecular formula is C8H17N. The maximum Gasteiger partial charge on any atom is 0.0131 e. The molecule has 0 atom stereocenters. The molecule has 0 heterocycles. The maximum absolute atomic E-state index is 5.85. The maximum atomic E-state index is 5.85. The Kier molecular flexibility index (Phi) is 1.55. The Balaban J connectivity index is 2.27. The Hall–Kier alpha value is -0.0400. The summed E-state index contributed by atoms with van der Waals surface area (Å²) in [7, 11) is 0. The van der Waals surface area contributed by atoms with E-state index in [4.69, 9.17) is 5.73 Å². The van der Waals surface area contributed by atoms with Gasteiger partial charge in [-0.15, -0.1) is 0 Å². The van der Waals surface area contributed by atoms with E-state index in [1.165, 1.54) is 12.8 Å². The van der Waals surface area contributed by atoms with Crippen molar-refractivity contribution in [2.45, 2.75) is 39.2 Å². The first-order chi connectivity index (χ1) is 4.01. The van der Waals surface area contributed by atoms with Crippen LogP contribution in [0.25, 0.3) is 0 Å². The summed E-state index contributed by atoms with van der Waals surface area (Å²) >= 11 is 0. The Morgan fingerprint density at radius 2 is 1.89 bits per heavy atom. The zero-order valence-corrected chi connectivity index (χ0v) is 6.65. The predicted octanol–water partition coefficient (Wildman–Crippen LogP) is 1.77. The summed E-state index contributed by atoms with van der Waals surface area (Å²) in [5.74, 6) is 1.74. The predicted molar refractivity (Wildman–Crippen MR) is 40.2 cm³/mol. The van der Waals surface area contributed by atoms with E-state index in [-0.39, 0.29) is 5.54 Å². The Bertz CT molecular complexity index is 97.1. The summed E-state index contributed by atoms with van der Waals surface area (Å²) in [6.07, 6.45) is 2.45. The highest BCUT2D eigenvalue weighted by atomic mass is 14.8. The fourth-order valence-corrected chi connectivity index (χ4v) is 1.61. The van der Waals surface area contributed by atoms with Crippen LogP contribution in [0.2, 0.25) is 0 Å². The van der Waals surface area contributed by atoms with Gasteiger partial charge in [-0.2, -0.15) is 0 Å². The molecule has 0 aliphatic heterocycles. The smallest absolute Gasteiger partial charge is 0.0131 e. The lowest BCUT2D eigenvalue weighted by Gasteiger charge is -2.44. The topological polar surface area (TPSA) is 26.0 Å². The van der Waals surface area contributed by atoms with Gasteiger partial charge in [0.1, 0.15) is 0 Å². The van der Waals surface area contributed by atoms with Crippen LogP contribution >= 0.6 is 0 Å². The average molecular weight is 127 g/mol. The van der Waals surface area contributed by atoms with E-state index < -0.39 is 0 Å². The summed E-state index contributed by atoms with van der Waals surface area (Å²) in [5.41, 5.74) is 6.03. The van der Waals surface area contributed by atoms with Crippen LogP contribution in [-0.4, -0.2) is 5.54 Å². The van der Waals surface area contributed by atoms with E-state index in [1.54, 1.807) is 0 Å². The number of rotatable bonds is 1. The van der Waals surface area contributed by atoms with Crippen LogP contribution in [0.1, 0.15) is 33.6 Å². The molecule has 0 radical (unpaired) electrons. The third kappa shape index (κ3) is 1.45. The normalized spacial score (nSPS) is 43.0. The zero-order valence-electron chi connectivity index (χ0n) is 6.65. The monoisotopic (exact) mass is 127 g/mol. The van der Waals surface area contributed by atoms with E-state index in [2.05, 4.69) is 20.8 Å². The minimum absolute atomic E-state index is 0.176. The molecule has 1 nitrogen and oxygen atoms in total. The molecule has 0 aromatic carbocycles. The third-order valence-corrected chi connectivity index (χ3v) is 2.40. The molecule has 0 saturated heterocycles. The zero-order chi connectivity index (χ0) is 7.07. The quantitative estimate of drug-likeness (QED) is 0.570. The van der Waals surface area contributed by atoms with Crippen molar-refractivity contribution in [2.75, 3.05) is 0 Å². The molecule has 0 amide bonds. The van der Waals surface area contributed by atoms with Crippen LogP contribution in [0.15, 0.2) is 0 Å². The number of nitrogens with two attached hydrogens (primary N) is 1. The fraction of sp³-hybridized carbons (Fsp3) is 1.00. The van der Waals surface area contributed by atoms with Gasteiger partial charge in [-0.05, 0) is 31.6 Å². The molecular weight excluding hydrogens is 110 g/mol. The third-order valence-electron chi connectivity index (χ3n) is 2.40. The van der Waals surface area contributed by atoms with Gasteiger partial charge < -0.3 is 5.73 Å². The average Bonchev–Trinajstić information content (AvgIpc) is 1.59. The molecule has 0 aromatic rings. The lowest BCUT2D eigenvalue weighted by Crippen LogP contribution is -2.50. The number of hydrogen-bond donors (Lipinski definition) is 1. The van der Waals surface area contributed by atoms with Gasteiger partial charge in [0.25, 0.3) is 0 Å². The minimum Gasteiger partial charge on any atom is -0.325 e. The highest BCUT2D eigenvalue weighted by molar-refractivity contribution is 4.95. The molecule has 1 rings (SSSR count). The van der Waals surface area contributed by atoms with Gasteiger partial charge in [0.2, 0.25) is 0 Å². The molecule has 0 aromatic heterocycles. The molecule has 1 aliphatic rings. The summed E-state index contributed by atoms with van der Waals surface area (Å²) < 4.78 is 0. The van der Waals surface area contributed by atoms with Crippen molar-refractivity contribution in [1.29, 1.82) is 0 Å². The first kappa shape index (κ1) is 7.07. The Morgan fingerprint density at radius 3 is 2.00 bits per heavy atom. The highest BCUT2D eigenvalue weighted by Crippen LogP contribution is 2.39. The van der Waals surface area contributed by atoms with Crippen molar-refractivity contribution in [3.05, 3.63) is 0 Å². The van der Waals surface area contributed by atoms with Gasteiger partial charge in [-0.3, -0.25) is 0 Å². The summed E-state index contributed by atoms with van der Waals surface area (Å²) in [4.78, 5) is 0. The van der Waals surface area contributed by atoms with Gasteiger partial charge in [0.05, 0.1) is 0 Å². The lowest BCUT2D eigenvalue weighted by atomic mass is 9.66. The van der Waals surface area contributed by atoms with E-state index in [0.29, 0.717) is 0 Å². The Morgan fingerprint density at radius 1 is 1.44 bits per heavy atom. The van der Waals surface area contributed by atoms with E-state index >= 15 is 0 Å². The second-order valence-corrected chi connectivity index (χ2v) is 4.07. The van der Waals surface area contributed by atoms with Crippen LogP contribution in [0.3, 0.4) is 0 Å². The van der Waals surface area contributed by atoms with Crippen molar-refractivity contribution in [2.24, 2.45) is 17.6 Å². The van der Waals surface area contributed by atoms with Gasteiger partial charge in [0.15, 0.2) is 0 Å². The van der Waals surface area contributed by atoms with Crippen molar-refractivity contribution >= 4 is 0 Å². The summed E-state index contributed by atoms with van der Waals surface area (Å²) in [6, 6.07) is 0. The Labute approximate surface area is 57.6 Å². The molecule has 0 bridgehead atoms. The van der Waals surface area contributed by atoms with Crippen LogP contribution in [-0.2, 0) is 0 Å². The number of hydrogen-bond acceptors (Lipinski definition) is 1. The van der Waals surface area contributed by atoms with E-state index in [0.717, 1.165) is 11.8 Å². The fourth-order valence-electron chi connectivity index (χ4n) is 1.61. The molecule has 1 fully saturated rings. The van der Waals surface area contributed by atoms with Crippen molar-refractivity contribution in [3.8, 4) is 0 Å². The second kappa shape index (κ2) is 1.98.